The maximum atomic E-state index is 14.1. The van der Waals surface area contributed by atoms with Crippen molar-refractivity contribution in [2.75, 3.05) is 0 Å². The second-order valence-electron chi connectivity index (χ2n) is 9.02. The minimum absolute atomic E-state index is 0.145. The first-order valence-corrected chi connectivity index (χ1v) is 11.0. The van der Waals surface area contributed by atoms with Crippen LogP contribution in [-0.4, -0.2) is 17.5 Å². The highest BCUT2D eigenvalue weighted by atomic mass is 19.1. The summed E-state index contributed by atoms with van der Waals surface area (Å²) in [6.45, 7) is 1.52. The van der Waals surface area contributed by atoms with Gasteiger partial charge in [-0.05, 0) is 42.5 Å². The molecule has 3 unspecified atom stereocenters. The molecule has 3 atom stereocenters. The van der Waals surface area contributed by atoms with E-state index < -0.39 is 45.7 Å². The fourth-order valence-electron chi connectivity index (χ4n) is 5.59. The quantitative estimate of drug-likeness (QED) is 0.142. The molecule has 2 heterocycles. The van der Waals surface area contributed by atoms with Gasteiger partial charge in [0.25, 0.3) is 0 Å². The van der Waals surface area contributed by atoms with Crippen molar-refractivity contribution in [3.8, 4) is 5.75 Å². The fraction of sp³-hybridized carbons (Fsp3) is 0.143. The van der Waals surface area contributed by atoms with Gasteiger partial charge in [0.05, 0.1) is 5.41 Å². The van der Waals surface area contributed by atoms with Crippen LogP contribution >= 0.6 is 0 Å². The summed E-state index contributed by atoms with van der Waals surface area (Å²) in [5.74, 6) is -3.40. The van der Waals surface area contributed by atoms with Crippen LogP contribution in [0, 0.1) is 16.6 Å². The molecule has 1 aromatic heterocycles. The molecule has 3 aromatic carbocycles. The molecule has 35 heavy (non-hydrogen) atoms. The van der Waals surface area contributed by atoms with Gasteiger partial charge in [0.1, 0.15) is 22.7 Å². The van der Waals surface area contributed by atoms with Crippen molar-refractivity contribution in [3.63, 3.8) is 0 Å². The third-order valence-electron chi connectivity index (χ3n) is 7.32. The van der Waals surface area contributed by atoms with Crippen LogP contribution in [-0.2, 0) is 4.79 Å². The molecule has 6 nitrogen and oxygen atoms in total. The standard InChI is InChI=1S/C28H17FO6/c1-27(23(30)15-10-12-17(29)13-11-15)22-18-7-3-5-9-21(18)35-26(33)28(22,27)24(31)19-14-16-6-2-4-8-20(16)34-25(19)32/h2-14,22H,1H3. The fourth-order valence-corrected chi connectivity index (χ4v) is 5.59. The first-order chi connectivity index (χ1) is 16.8. The number of esters is 1. The highest BCUT2D eigenvalue weighted by Crippen LogP contribution is 2.79. The van der Waals surface area contributed by atoms with Gasteiger partial charge >= 0.3 is 11.6 Å². The number of carbonyl (C=O) groups is 3. The van der Waals surface area contributed by atoms with Crippen molar-refractivity contribution in [2.45, 2.75) is 12.8 Å². The topological polar surface area (TPSA) is 90.7 Å². The average molecular weight is 468 g/mol. The summed E-state index contributed by atoms with van der Waals surface area (Å²) in [4.78, 5) is 54.3. The predicted octanol–water partition coefficient (Wildman–Crippen LogP) is 4.71. The Labute approximate surface area is 198 Å². The highest BCUT2D eigenvalue weighted by molar-refractivity contribution is 6.25. The van der Waals surface area contributed by atoms with Crippen LogP contribution in [0.15, 0.2) is 88.1 Å². The lowest BCUT2D eigenvalue weighted by Gasteiger charge is -2.22. The van der Waals surface area contributed by atoms with Gasteiger partial charge in [0, 0.05) is 22.4 Å². The first-order valence-electron chi connectivity index (χ1n) is 11.0. The Bertz CT molecular complexity index is 1640. The Hall–Kier alpha value is -4.39. The number of rotatable bonds is 4. The summed E-state index contributed by atoms with van der Waals surface area (Å²) in [5.41, 5.74) is -3.82. The van der Waals surface area contributed by atoms with Crippen LogP contribution in [0.4, 0.5) is 4.39 Å². The summed E-state index contributed by atoms with van der Waals surface area (Å²) in [6, 6.07) is 19.7. The van der Waals surface area contributed by atoms with Gasteiger partial charge in [-0.3, -0.25) is 14.4 Å². The lowest BCUT2D eigenvalue weighted by molar-refractivity contribution is -0.140. The molecule has 4 aromatic rings. The maximum absolute atomic E-state index is 14.1. The van der Waals surface area contributed by atoms with Crippen LogP contribution in [0.2, 0.25) is 0 Å². The van der Waals surface area contributed by atoms with E-state index in [0.717, 1.165) is 12.1 Å². The monoisotopic (exact) mass is 468 g/mol. The SMILES string of the molecule is CC1(C(=O)c2ccc(F)cc2)C2c3ccccc3OC(=O)C21C(=O)c1cc2ccccc2oc1=O. The van der Waals surface area contributed by atoms with Gasteiger partial charge in [-0.1, -0.05) is 43.3 Å². The Morgan fingerprint density at radius 2 is 1.57 bits per heavy atom. The third kappa shape index (κ3) is 2.63. The summed E-state index contributed by atoms with van der Waals surface area (Å²) in [5, 5.41) is 0.500. The van der Waals surface area contributed by atoms with Gasteiger partial charge in [-0.2, -0.15) is 0 Å². The molecule has 0 spiro atoms. The Kier molecular flexibility index (Phi) is 4.27. The number of benzene rings is 3. The molecular formula is C28H17FO6. The number of fused-ring (bicyclic) bond motifs is 4. The summed E-state index contributed by atoms with van der Waals surface area (Å²) < 4.78 is 24.4. The van der Waals surface area contributed by atoms with Crippen molar-refractivity contribution in [1.82, 2.24) is 0 Å². The summed E-state index contributed by atoms with van der Waals surface area (Å²) in [7, 11) is 0. The van der Waals surface area contributed by atoms with Crippen molar-refractivity contribution in [3.05, 3.63) is 112 Å². The maximum Gasteiger partial charge on any atom is 0.347 e. The minimum Gasteiger partial charge on any atom is -0.425 e. The van der Waals surface area contributed by atoms with Crippen molar-refractivity contribution in [1.29, 1.82) is 0 Å². The van der Waals surface area contributed by atoms with E-state index >= 15 is 0 Å². The van der Waals surface area contributed by atoms with Crippen LogP contribution in [0.25, 0.3) is 11.0 Å². The lowest BCUT2D eigenvalue weighted by atomic mass is 9.82. The van der Waals surface area contributed by atoms with Crippen LogP contribution in [0.3, 0.4) is 0 Å². The molecule has 7 heteroatoms. The summed E-state index contributed by atoms with van der Waals surface area (Å²) >= 11 is 0. The van der Waals surface area contributed by atoms with E-state index in [4.69, 9.17) is 9.15 Å². The van der Waals surface area contributed by atoms with Crippen molar-refractivity contribution < 1.29 is 27.9 Å². The zero-order chi connectivity index (χ0) is 24.5. The zero-order valence-corrected chi connectivity index (χ0v) is 18.4. The molecule has 0 amide bonds. The minimum atomic E-state index is -1.97. The normalized spacial score (nSPS) is 24.3. The van der Waals surface area contributed by atoms with E-state index in [2.05, 4.69) is 0 Å². The zero-order valence-electron chi connectivity index (χ0n) is 18.4. The smallest absolute Gasteiger partial charge is 0.347 e. The van der Waals surface area contributed by atoms with Crippen molar-refractivity contribution in [2.24, 2.45) is 10.8 Å². The molecular weight excluding hydrogens is 451 g/mol. The van der Waals surface area contributed by atoms with E-state index in [1.54, 1.807) is 48.5 Å². The molecule has 0 N–H and O–H groups in total. The number of hydrogen-bond donors (Lipinski definition) is 0. The third-order valence-corrected chi connectivity index (χ3v) is 7.32. The Balaban J connectivity index is 1.58. The van der Waals surface area contributed by atoms with Crippen LogP contribution in [0.1, 0.15) is 39.1 Å². The van der Waals surface area contributed by atoms with Crippen molar-refractivity contribution >= 4 is 28.5 Å². The number of ether oxygens (including phenoxy) is 1. The molecule has 1 fully saturated rings. The van der Waals surface area contributed by atoms with Gasteiger partial charge in [-0.25, -0.2) is 9.18 Å². The number of halogens is 1. The summed E-state index contributed by atoms with van der Waals surface area (Å²) in [6.07, 6.45) is 0. The second-order valence-corrected chi connectivity index (χ2v) is 9.02. The van der Waals surface area contributed by atoms with Crippen LogP contribution in [0.5, 0.6) is 5.75 Å². The Morgan fingerprint density at radius 3 is 2.34 bits per heavy atom. The van der Waals surface area contributed by atoms with Gasteiger partial charge < -0.3 is 9.15 Å². The van der Waals surface area contributed by atoms with E-state index in [9.17, 15) is 23.6 Å². The molecule has 6 rings (SSSR count). The average Bonchev–Trinajstić information content (AvgIpc) is 3.46. The molecule has 1 aliphatic heterocycles. The van der Waals surface area contributed by atoms with E-state index in [-0.39, 0.29) is 16.9 Å². The lowest BCUT2D eigenvalue weighted by Crippen LogP contribution is -2.40. The number of hydrogen-bond acceptors (Lipinski definition) is 6. The van der Waals surface area contributed by atoms with Gasteiger partial charge in [0.15, 0.2) is 17.0 Å². The first kappa shape index (κ1) is 21.2. The number of para-hydroxylation sites is 2. The second kappa shape index (κ2) is 7.06. The molecule has 1 aliphatic carbocycles. The van der Waals surface area contributed by atoms with E-state index in [1.807, 2.05) is 0 Å². The molecule has 172 valence electrons. The number of Topliss-reactive ketones (excluding diaryl/α,β-unsaturated/α-hetero) is 2. The van der Waals surface area contributed by atoms with Gasteiger partial charge in [0.2, 0.25) is 0 Å². The number of ketones is 2. The van der Waals surface area contributed by atoms with E-state index in [1.165, 1.54) is 25.1 Å². The Morgan fingerprint density at radius 1 is 0.886 bits per heavy atom. The molecule has 1 saturated carbocycles. The molecule has 0 radical (unpaired) electrons. The van der Waals surface area contributed by atoms with E-state index in [0.29, 0.717) is 16.5 Å². The largest absolute Gasteiger partial charge is 0.425 e. The molecule has 0 bridgehead atoms. The van der Waals surface area contributed by atoms with Crippen LogP contribution < -0.4 is 10.4 Å². The predicted molar refractivity (Wildman–Crippen MR) is 123 cm³/mol. The molecule has 0 saturated heterocycles. The number of carbonyl (C=O) groups excluding carboxylic acids is 3. The highest BCUT2D eigenvalue weighted by Gasteiger charge is 2.87. The molecule has 2 aliphatic rings. The van der Waals surface area contributed by atoms with Gasteiger partial charge in [-0.15, -0.1) is 0 Å².